The Labute approximate surface area is 152 Å². The van der Waals surface area contributed by atoms with Gasteiger partial charge < -0.3 is 14.4 Å². The molecule has 0 N–H and O–H groups in total. The van der Waals surface area contributed by atoms with E-state index in [9.17, 15) is 4.79 Å². The molecule has 4 heterocycles. The lowest BCUT2D eigenvalue weighted by atomic mass is 9.99. The van der Waals surface area contributed by atoms with Crippen LogP contribution in [0.3, 0.4) is 0 Å². The van der Waals surface area contributed by atoms with E-state index in [2.05, 4.69) is 10.1 Å². The fraction of sp³-hybridized carbons (Fsp3) is 0.526. The molecule has 1 spiro atoms. The van der Waals surface area contributed by atoms with E-state index in [1.807, 2.05) is 34.8 Å². The number of carbonyl (C=O) groups is 1. The molecule has 0 bridgehead atoms. The predicted octanol–water partition coefficient (Wildman–Crippen LogP) is 1.68. The van der Waals surface area contributed by atoms with E-state index in [1.165, 1.54) is 0 Å². The number of aromatic nitrogens is 3. The van der Waals surface area contributed by atoms with E-state index in [1.54, 1.807) is 18.6 Å². The molecule has 2 aliphatic heterocycles. The lowest BCUT2D eigenvalue weighted by Gasteiger charge is -2.32. The van der Waals surface area contributed by atoms with Gasteiger partial charge in [-0.05, 0) is 37.5 Å². The minimum atomic E-state index is -0.429. The van der Waals surface area contributed by atoms with Crippen LogP contribution in [0.15, 0.2) is 36.9 Å². The Kier molecular flexibility index (Phi) is 4.74. The van der Waals surface area contributed by atoms with Crippen molar-refractivity contribution in [3.63, 3.8) is 0 Å². The first-order valence-electron chi connectivity index (χ1n) is 9.07. The molecule has 138 valence electrons. The van der Waals surface area contributed by atoms with Crippen molar-refractivity contribution in [1.82, 2.24) is 19.7 Å². The van der Waals surface area contributed by atoms with Gasteiger partial charge in [-0.3, -0.25) is 14.5 Å². The summed E-state index contributed by atoms with van der Waals surface area (Å²) < 4.78 is 14.1. The van der Waals surface area contributed by atoms with Crippen molar-refractivity contribution in [3.05, 3.63) is 48.0 Å². The zero-order chi connectivity index (χ0) is 18.0. The Balaban J connectivity index is 1.46. The van der Waals surface area contributed by atoms with Crippen LogP contribution in [0, 0.1) is 6.92 Å². The van der Waals surface area contributed by atoms with E-state index >= 15 is 0 Å². The van der Waals surface area contributed by atoms with Crippen molar-refractivity contribution in [2.45, 2.75) is 38.0 Å². The van der Waals surface area contributed by atoms with Gasteiger partial charge in [-0.2, -0.15) is 5.10 Å². The molecule has 0 aliphatic carbocycles. The number of hydrogen-bond donors (Lipinski definition) is 0. The van der Waals surface area contributed by atoms with Gasteiger partial charge in [0, 0.05) is 31.3 Å². The summed E-state index contributed by atoms with van der Waals surface area (Å²) in [6, 6.07) is 3.79. The topological polar surface area (TPSA) is 69.5 Å². The molecule has 0 aromatic carbocycles. The van der Waals surface area contributed by atoms with Gasteiger partial charge in [0.05, 0.1) is 38.0 Å². The molecule has 2 aliphatic rings. The predicted molar refractivity (Wildman–Crippen MR) is 94.8 cm³/mol. The summed E-state index contributed by atoms with van der Waals surface area (Å²) in [5.74, 6) is -0.00907. The zero-order valence-corrected chi connectivity index (χ0v) is 15.0. The molecule has 0 unspecified atom stereocenters. The van der Waals surface area contributed by atoms with Gasteiger partial charge in [0.25, 0.3) is 5.91 Å². The first-order chi connectivity index (χ1) is 12.6. The van der Waals surface area contributed by atoms with Gasteiger partial charge in [0.15, 0.2) is 0 Å². The first kappa shape index (κ1) is 17.2. The van der Waals surface area contributed by atoms with Crippen LogP contribution >= 0.6 is 0 Å². The van der Waals surface area contributed by atoms with Crippen molar-refractivity contribution in [3.8, 4) is 0 Å². The summed E-state index contributed by atoms with van der Waals surface area (Å²) in [6.07, 6.45) is 9.02. The van der Waals surface area contributed by atoms with Crippen molar-refractivity contribution in [2.75, 3.05) is 26.3 Å². The minimum absolute atomic E-state index is 0.00907. The second-order valence-corrected chi connectivity index (χ2v) is 7.22. The van der Waals surface area contributed by atoms with Gasteiger partial charge in [0.2, 0.25) is 0 Å². The maximum atomic E-state index is 12.9. The van der Waals surface area contributed by atoms with Crippen molar-refractivity contribution in [1.29, 1.82) is 0 Å². The maximum Gasteiger partial charge on any atom is 0.255 e. The molecular formula is C19H24N4O3. The quantitative estimate of drug-likeness (QED) is 0.837. The van der Waals surface area contributed by atoms with Crippen LogP contribution in [0.2, 0.25) is 0 Å². The molecule has 26 heavy (non-hydrogen) atoms. The monoisotopic (exact) mass is 356 g/mol. The van der Waals surface area contributed by atoms with Gasteiger partial charge in [-0.15, -0.1) is 0 Å². The summed E-state index contributed by atoms with van der Waals surface area (Å²) in [5.41, 5.74) is 1.17. The molecule has 7 nitrogen and oxygen atoms in total. The Morgan fingerprint density at radius 3 is 3.15 bits per heavy atom. The molecule has 4 rings (SSSR count). The van der Waals surface area contributed by atoms with Crippen molar-refractivity contribution in [2.24, 2.45) is 0 Å². The summed E-state index contributed by atoms with van der Waals surface area (Å²) in [6.45, 7) is 4.84. The average Bonchev–Trinajstić information content (AvgIpc) is 3.22. The first-order valence-corrected chi connectivity index (χ1v) is 9.07. The second kappa shape index (κ2) is 7.17. The molecule has 7 heteroatoms. The van der Waals surface area contributed by atoms with E-state index in [0.717, 1.165) is 24.9 Å². The molecule has 0 saturated carbocycles. The van der Waals surface area contributed by atoms with E-state index in [-0.39, 0.29) is 12.0 Å². The number of aryl methyl sites for hydroxylation is 1. The molecule has 2 atom stereocenters. The van der Waals surface area contributed by atoms with Crippen LogP contribution in [0.1, 0.15) is 28.8 Å². The smallest absolute Gasteiger partial charge is 0.255 e. The Hall–Kier alpha value is -2.25. The lowest BCUT2D eigenvalue weighted by molar-refractivity contribution is -0.0881. The molecular weight excluding hydrogens is 332 g/mol. The normalized spacial score (nSPS) is 26.2. The summed E-state index contributed by atoms with van der Waals surface area (Å²) in [7, 11) is 0. The second-order valence-electron chi connectivity index (χ2n) is 7.22. The largest absolute Gasteiger partial charge is 0.377 e. The highest BCUT2D eigenvalue weighted by molar-refractivity contribution is 5.94. The highest BCUT2D eigenvalue weighted by Gasteiger charge is 2.44. The number of rotatable bonds is 3. The van der Waals surface area contributed by atoms with Crippen LogP contribution in [0.5, 0.6) is 0 Å². The number of carbonyl (C=O) groups excluding carboxylic acids is 1. The van der Waals surface area contributed by atoms with Crippen molar-refractivity contribution >= 4 is 5.91 Å². The van der Waals surface area contributed by atoms with E-state index in [0.29, 0.717) is 31.9 Å². The van der Waals surface area contributed by atoms with Crippen LogP contribution in [0.4, 0.5) is 0 Å². The Morgan fingerprint density at radius 2 is 2.35 bits per heavy atom. The standard InChI is InChI=1S/C19H24N4O3/c1-15-9-16(11-20-10-15)18(24)22-7-8-25-14-19(13-22)4-3-17(26-19)12-23-6-2-5-21-23/h2,5-6,9-11,17H,3-4,7-8,12-14H2,1H3/t17-,19+/m1/s1. The van der Waals surface area contributed by atoms with E-state index < -0.39 is 5.60 Å². The third-order valence-corrected chi connectivity index (χ3v) is 5.05. The molecule has 0 radical (unpaired) electrons. The number of ether oxygens (including phenoxy) is 2. The third kappa shape index (κ3) is 3.64. The third-order valence-electron chi connectivity index (χ3n) is 5.05. The van der Waals surface area contributed by atoms with E-state index in [4.69, 9.17) is 9.47 Å². The summed E-state index contributed by atoms with van der Waals surface area (Å²) in [4.78, 5) is 18.9. The van der Waals surface area contributed by atoms with Crippen LogP contribution in [-0.4, -0.2) is 63.6 Å². The molecule has 1 amide bonds. The molecule has 2 fully saturated rings. The zero-order valence-electron chi connectivity index (χ0n) is 15.0. The fourth-order valence-corrected chi connectivity index (χ4v) is 3.80. The summed E-state index contributed by atoms with van der Waals surface area (Å²) >= 11 is 0. The highest BCUT2D eigenvalue weighted by Crippen LogP contribution is 2.34. The molecule has 2 aromatic heterocycles. The lowest BCUT2D eigenvalue weighted by Crippen LogP contribution is -2.46. The van der Waals surface area contributed by atoms with Crippen LogP contribution in [0.25, 0.3) is 0 Å². The molecule has 2 aromatic rings. The SMILES string of the molecule is Cc1cncc(C(=O)N2CCOC[C@]3(CC[C@H](Cn4cccn4)O3)C2)c1. The maximum absolute atomic E-state index is 12.9. The van der Waals surface area contributed by atoms with Gasteiger partial charge >= 0.3 is 0 Å². The number of hydrogen-bond acceptors (Lipinski definition) is 5. The Bertz CT molecular complexity index is 764. The van der Waals surface area contributed by atoms with Gasteiger partial charge in [-0.1, -0.05) is 0 Å². The average molecular weight is 356 g/mol. The van der Waals surface area contributed by atoms with Crippen molar-refractivity contribution < 1.29 is 14.3 Å². The highest BCUT2D eigenvalue weighted by atomic mass is 16.6. The van der Waals surface area contributed by atoms with Crippen LogP contribution < -0.4 is 0 Å². The van der Waals surface area contributed by atoms with Crippen LogP contribution in [-0.2, 0) is 16.0 Å². The molecule has 2 saturated heterocycles. The fourth-order valence-electron chi connectivity index (χ4n) is 3.80. The van der Waals surface area contributed by atoms with Gasteiger partial charge in [-0.25, -0.2) is 0 Å². The number of nitrogens with zero attached hydrogens (tertiary/aromatic N) is 4. The summed E-state index contributed by atoms with van der Waals surface area (Å²) in [5, 5.41) is 4.26. The minimum Gasteiger partial charge on any atom is -0.377 e. The van der Waals surface area contributed by atoms with Gasteiger partial charge in [0.1, 0.15) is 5.60 Å². The number of pyridine rings is 1. The number of amides is 1. The Morgan fingerprint density at radius 1 is 1.42 bits per heavy atom.